The summed E-state index contributed by atoms with van der Waals surface area (Å²) in [7, 11) is 1.60. The second kappa shape index (κ2) is 5.96. The second-order valence-corrected chi connectivity index (χ2v) is 3.67. The Balaban J connectivity index is 3.85. The third-order valence-corrected chi connectivity index (χ3v) is 1.85. The molecule has 0 aliphatic rings. The lowest BCUT2D eigenvalue weighted by molar-refractivity contribution is -0.132. The number of hydrogen-bond donors (Lipinski definition) is 1. The number of nitrogens with zero attached hydrogens (tertiary/aromatic N) is 1. The summed E-state index contributed by atoms with van der Waals surface area (Å²) < 4.78 is 0. The molecule has 4 nitrogen and oxygen atoms in total. The summed E-state index contributed by atoms with van der Waals surface area (Å²) in [6.07, 6.45) is 0. The molecule has 0 bridgehead atoms. The van der Waals surface area contributed by atoms with E-state index in [0.29, 0.717) is 0 Å². The minimum Gasteiger partial charge on any atom is -0.352 e. The minimum atomic E-state index is -0.133. The summed E-state index contributed by atoms with van der Waals surface area (Å²) in [5.41, 5.74) is 0. The van der Waals surface area contributed by atoms with Crippen molar-refractivity contribution in [3.63, 3.8) is 0 Å². The van der Waals surface area contributed by atoms with Gasteiger partial charge in [-0.05, 0) is 13.8 Å². The fourth-order valence-corrected chi connectivity index (χ4v) is 1.20. The van der Waals surface area contributed by atoms with Crippen LogP contribution in [0.2, 0.25) is 0 Å². The lowest BCUT2D eigenvalue weighted by Gasteiger charge is -2.16. The van der Waals surface area contributed by atoms with Crippen LogP contribution in [0, 0.1) is 0 Å². The van der Waals surface area contributed by atoms with Crippen molar-refractivity contribution in [3.8, 4) is 0 Å². The average molecular weight is 251 g/mol. The molecule has 0 unspecified atom stereocenters. The predicted octanol–water partition coefficient (Wildman–Crippen LogP) is 0.364. The molecule has 0 fully saturated rings. The van der Waals surface area contributed by atoms with Crippen LogP contribution in [-0.4, -0.2) is 41.7 Å². The van der Waals surface area contributed by atoms with E-state index in [4.69, 9.17) is 0 Å². The van der Waals surface area contributed by atoms with Crippen LogP contribution in [0.1, 0.15) is 13.8 Å². The molecule has 0 rings (SSSR count). The molecule has 0 radical (unpaired) electrons. The Bertz CT molecular complexity index is 195. The molecule has 0 aliphatic heterocycles. The molecule has 13 heavy (non-hydrogen) atoms. The van der Waals surface area contributed by atoms with Crippen LogP contribution in [0.5, 0.6) is 0 Å². The highest BCUT2D eigenvalue weighted by Crippen LogP contribution is 1.90. The van der Waals surface area contributed by atoms with Gasteiger partial charge in [0.1, 0.15) is 0 Å². The van der Waals surface area contributed by atoms with Gasteiger partial charge in [0.25, 0.3) is 0 Å². The van der Waals surface area contributed by atoms with E-state index in [2.05, 4.69) is 21.2 Å². The van der Waals surface area contributed by atoms with Crippen LogP contribution in [0.3, 0.4) is 0 Å². The predicted molar refractivity (Wildman–Crippen MR) is 54.7 cm³/mol. The van der Waals surface area contributed by atoms with Crippen molar-refractivity contribution < 1.29 is 9.59 Å². The number of carbonyl (C=O) groups is 2. The summed E-state index contributed by atoms with van der Waals surface area (Å²) in [6, 6.07) is 0.111. The number of alkyl halides is 1. The number of nitrogens with one attached hydrogen (secondary N) is 1. The van der Waals surface area contributed by atoms with E-state index in [1.807, 2.05) is 13.8 Å². The van der Waals surface area contributed by atoms with E-state index in [-0.39, 0.29) is 29.7 Å². The smallest absolute Gasteiger partial charge is 0.239 e. The highest BCUT2D eigenvalue weighted by Gasteiger charge is 2.11. The Kier molecular flexibility index (Phi) is 5.70. The van der Waals surface area contributed by atoms with Gasteiger partial charge in [-0.2, -0.15) is 0 Å². The van der Waals surface area contributed by atoms with Crippen LogP contribution in [0.25, 0.3) is 0 Å². The largest absolute Gasteiger partial charge is 0.352 e. The first-order valence-corrected chi connectivity index (χ1v) is 5.18. The van der Waals surface area contributed by atoms with E-state index in [1.165, 1.54) is 4.90 Å². The number of rotatable bonds is 4. The summed E-state index contributed by atoms with van der Waals surface area (Å²) in [5, 5.41) is 2.95. The van der Waals surface area contributed by atoms with Gasteiger partial charge >= 0.3 is 0 Å². The lowest BCUT2D eigenvalue weighted by Crippen LogP contribution is -2.41. The molecule has 0 spiro atoms. The molecule has 0 aromatic carbocycles. The van der Waals surface area contributed by atoms with Crippen molar-refractivity contribution in [1.29, 1.82) is 0 Å². The Hall–Kier alpha value is -0.580. The topological polar surface area (TPSA) is 49.4 Å². The van der Waals surface area contributed by atoms with Crippen molar-refractivity contribution in [2.24, 2.45) is 0 Å². The summed E-state index contributed by atoms with van der Waals surface area (Å²) in [4.78, 5) is 23.6. The molecule has 0 atom stereocenters. The molecule has 0 heterocycles. The molecule has 2 amide bonds. The standard InChI is InChI=1S/C8H15BrN2O2/c1-6(2)10-7(12)5-11(3)8(13)4-9/h6H,4-5H2,1-3H3,(H,10,12). The summed E-state index contributed by atoms with van der Waals surface area (Å²) in [6.45, 7) is 3.87. The normalized spacial score (nSPS) is 9.92. The third-order valence-electron chi connectivity index (χ3n) is 1.37. The van der Waals surface area contributed by atoms with Crippen LogP contribution in [-0.2, 0) is 9.59 Å². The number of halogens is 1. The molecular formula is C8H15BrN2O2. The molecule has 5 heteroatoms. The van der Waals surface area contributed by atoms with Gasteiger partial charge in [0, 0.05) is 13.1 Å². The average Bonchev–Trinajstić information content (AvgIpc) is 2.01. The van der Waals surface area contributed by atoms with Crippen molar-refractivity contribution in [2.45, 2.75) is 19.9 Å². The number of hydrogen-bond acceptors (Lipinski definition) is 2. The summed E-state index contributed by atoms with van der Waals surface area (Å²) in [5.74, 6) is -0.231. The van der Waals surface area contributed by atoms with Gasteiger partial charge in [0.2, 0.25) is 11.8 Å². The number of likely N-dealkylation sites (N-methyl/N-ethyl adjacent to an activating group) is 1. The second-order valence-electron chi connectivity index (χ2n) is 3.11. The monoisotopic (exact) mass is 250 g/mol. The van der Waals surface area contributed by atoms with Crippen LogP contribution >= 0.6 is 15.9 Å². The van der Waals surface area contributed by atoms with E-state index in [9.17, 15) is 9.59 Å². The number of amides is 2. The minimum absolute atomic E-state index is 0.0982. The van der Waals surface area contributed by atoms with Gasteiger partial charge in [-0.1, -0.05) is 15.9 Å². The van der Waals surface area contributed by atoms with E-state index in [0.717, 1.165) is 0 Å². The van der Waals surface area contributed by atoms with E-state index >= 15 is 0 Å². The fraction of sp³-hybridized carbons (Fsp3) is 0.750. The number of carbonyl (C=O) groups excluding carboxylic acids is 2. The van der Waals surface area contributed by atoms with Crippen molar-refractivity contribution in [1.82, 2.24) is 10.2 Å². The molecule has 1 N–H and O–H groups in total. The summed E-state index contributed by atoms with van der Waals surface area (Å²) >= 11 is 3.03. The highest BCUT2D eigenvalue weighted by atomic mass is 79.9. The lowest BCUT2D eigenvalue weighted by atomic mass is 10.4. The maximum Gasteiger partial charge on any atom is 0.239 e. The van der Waals surface area contributed by atoms with Gasteiger partial charge in [-0.15, -0.1) is 0 Å². The van der Waals surface area contributed by atoms with Crippen LogP contribution in [0.15, 0.2) is 0 Å². The van der Waals surface area contributed by atoms with E-state index in [1.54, 1.807) is 7.05 Å². The van der Waals surface area contributed by atoms with Crippen molar-refractivity contribution >= 4 is 27.7 Å². The maximum atomic E-state index is 11.2. The Morgan fingerprint density at radius 3 is 2.38 bits per heavy atom. The van der Waals surface area contributed by atoms with E-state index < -0.39 is 0 Å². The SMILES string of the molecule is CC(C)NC(=O)CN(C)C(=O)CBr. The quantitative estimate of drug-likeness (QED) is 0.733. The zero-order valence-corrected chi connectivity index (χ0v) is 9.72. The van der Waals surface area contributed by atoms with Gasteiger partial charge in [0.05, 0.1) is 11.9 Å². The Morgan fingerprint density at radius 1 is 1.46 bits per heavy atom. The molecule has 0 saturated carbocycles. The Morgan fingerprint density at radius 2 is 2.00 bits per heavy atom. The van der Waals surface area contributed by atoms with Gasteiger partial charge in [-0.25, -0.2) is 0 Å². The molecule has 76 valence electrons. The first-order chi connectivity index (χ1) is 5.97. The zero-order valence-electron chi connectivity index (χ0n) is 8.13. The highest BCUT2D eigenvalue weighted by molar-refractivity contribution is 9.09. The first kappa shape index (κ1) is 12.4. The van der Waals surface area contributed by atoms with Gasteiger partial charge in [0.15, 0.2) is 0 Å². The molecular weight excluding hydrogens is 236 g/mol. The van der Waals surface area contributed by atoms with Crippen LogP contribution in [0.4, 0.5) is 0 Å². The molecule has 0 aliphatic carbocycles. The molecule has 0 saturated heterocycles. The van der Waals surface area contributed by atoms with Crippen molar-refractivity contribution in [3.05, 3.63) is 0 Å². The zero-order chi connectivity index (χ0) is 10.4. The van der Waals surface area contributed by atoms with Crippen LogP contribution < -0.4 is 5.32 Å². The Labute approximate surface area is 86.8 Å². The fourth-order valence-electron chi connectivity index (χ4n) is 0.773. The third kappa shape index (κ3) is 5.63. The first-order valence-electron chi connectivity index (χ1n) is 4.06. The van der Waals surface area contributed by atoms with Gasteiger partial charge in [-0.3, -0.25) is 9.59 Å². The molecule has 0 aromatic rings. The van der Waals surface area contributed by atoms with Gasteiger partial charge < -0.3 is 10.2 Å². The van der Waals surface area contributed by atoms with Crippen molar-refractivity contribution in [2.75, 3.05) is 18.9 Å². The molecule has 0 aromatic heterocycles. The maximum absolute atomic E-state index is 11.2.